The Morgan fingerprint density at radius 3 is 1.48 bits per heavy atom. The van der Waals surface area contributed by atoms with Crippen molar-refractivity contribution in [3.8, 4) is 66.8 Å². The van der Waals surface area contributed by atoms with Gasteiger partial charge in [-0.15, -0.1) is 0 Å². The van der Waals surface area contributed by atoms with Crippen LogP contribution in [0.2, 0.25) is 0 Å². The summed E-state index contributed by atoms with van der Waals surface area (Å²) < 4.78 is 4.66. The van der Waals surface area contributed by atoms with Crippen LogP contribution in [0.25, 0.3) is 88.3 Å². The van der Waals surface area contributed by atoms with Gasteiger partial charge in [0.15, 0.2) is 0 Å². The molecule has 0 aliphatic carbocycles. The molecule has 0 saturated heterocycles. The van der Waals surface area contributed by atoms with Crippen molar-refractivity contribution in [3.63, 3.8) is 0 Å². The zero-order valence-corrected chi connectivity index (χ0v) is 36.3. The van der Waals surface area contributed by atoms with Crippen molar-refractivity contribution in [2.24, 2.45) is 0 Å². The minimum atomic E-state index is -1.04. The van der Waals surface area contributed by atoms with E-state index in [1.807, 2.05) is 0 Å². The Morgan fingerprint density at radius 2 is 0.769 bits per heavy atom. The molecule has 244 valence electrons. The summed E-state index contributed by atoms with van der Waals surface area (Å²) in [6, 6.07) is 70.5. The first-order chi connectivity index (χ1) is 25.7. The predicted molar refractivity (Wildman–Crippen MR) is 231 cm³/mol. The van der Waals surface area contributed by atoms with Gasteiger partial charge in [0.1, 0.15) is 0 Å². The summed E-state index contributed by atoms with van der Waals surface area (Å²) in [5.41, 5.74) is 15.8. The van der Waals surface area contributed by atoms with Gasteiger partial charge in [-0.1, -0.05) is 30.3 Å². The van der Waals surface area contributed by atoms with Crippen LogP contribution in [-0.2, 0) is 0 Å². The second kappa shape index (κ2) is 13.0. The number of hydrogen-bond acceptors (Lipinski definition) is 0. The van der Waals surface area contributed by atoms with Gasteiger partial charge in [-0.3, -0.25) is 0 Å². The van der Waals surface area contributed by atoms with Gasteiger partial charge in [0.2, 0.25) is 0 Å². The normalized spacial score (nSPS) is 12.4. The topological polar surface area (TPSA) is 0 Å². The Labute approximate surface area is 319 Å². The Morgan fingerprint density at radius 1 is 0.288 bits per heavy atom. The molecule has 0 amide bonds. The van der Waals surface area contributed by atoms with E-state index in [2.05, 4.69) is 188 Å². The number of hydrogen-bond donors (Lipinski definition) is 0. The molecule has 0 aromatic heterocycles. The Balaban J connectivity index is 1.28. The van der Waals surface area contributed by atoms with Crippen LogP contribution < -0.4 is 13.2 Å². The van der Waals surface area contributed by atoms with Crippen LogP contribution in [0.4, 0.5) is 0 Å². The van der Waals surface area contributed by atoms with E-state index in [9.17, 15) is 0 Å². The summed E-state index contributed by atoms with van der Waals surface area (Å²) in [5, 5.41) is 5.17. The van der Waals surface area contributed by atoms with Crippen molar-refractivity contribution < 1.29 is 0 Å². The van der Waals surface area contributed by atoms with Gasteiger partial charge in [-0.25, -0.2) is 0 Å². The van der Waals surface area contributed by atoms with E-state index in [1.54, 1.807) is 8.79 Å². The molecule has 9 aromatic carbocycles. The fraction of sp³-hybridized carbons (Fsp3) is 0. The molecule has 1 aliphatic heterocycles. The zero-order valence-electron chi connectivity index (χ0n) is 29.1. The summed E-state index contributed by atoms with van der Waals surface area (Å²) >= 11 is -0.476. The third kappa shape index (κ3) is 5.20. The van der Waals surface area contributed by atoms with Crippen molar-refractivity contribution in [2.45, 2.75) is 0 Å². The summed E-state index contributed by atoms with van der Waals surface area (Å²) in [4.78, 5) is 0. The van der Waals surface area contributed by atoms with Crippen LogP contribution in [0.3, 0.4) is 0 Å². The molecule has 9 aromatic rings. The molecule has 0 unspecified atom stereocenters. The molecule has 10 rings (SSSR count). The van der Waals surface area contributed by atoms with Gasteiger partial charge < -0.3 is 0 Å². The molecule has 0 saturated carbocycles. The van der Waals surface area contributed by atoms with E-state index in [0.717, 1.165) is 0 Å². The molecule has 0 spiro atoms. The predicted octanol–water partition coefficient (Wildman–Crippen LogP) is 9.42. The van der Waals surface area contributed by atoms with Crippen LogP contribution in [0.1, 0.15) is 0 Å². The summed E-state index contributed by atoms with van der Waals surface area (Å²) in [6.07, 6.45) is 0. The quantitative estimate of drug-likeness (QED) is 0.121. The molecule has 1 aliphatic rings. The molecule has 2 heteroatoms. The Bertz CT molecular complexity index is 2810. The summed E-state index contributed by atoms with van der Waals surface area (Å²) in [7, 11) is 0. The van der Waals surface area contributed by atoms with E-state index in [-0.39, 0.29) is 0 Å². The molecule has 0 nitrogen and oxygen atoms in total. The van der Waals surface area contributed by atoms with Crippen LogP contribution >= 0.6 is 0 Å². The maximum absolute atomic E-state index is 2.51. The molecule has 1 heterocycles. The third-order valence-corrected chi connectivity index (χ3v) is 17.0. The van der Waals surface area contributed by atoms with Crippen molar-refractivity contribution in [2.75, 3.05) is 0 Å². The molecular weight excluding hydrogens is 746 g/mol. The van der Waals surface area contributed by atoms with Gasteiger partial charge in [0, 0.05) is 0 Å². The van der Waals surface area contributed by atoms with Crippen molar-refractivity contribution >= 4 is 66.7 Å². The molecule has 52 heavy (non-hydrogen) atoms. The monoisotopic (exact) mass is 784 g/mol. The van der Waals surface area contributed by atoms with Gasteiger partial charge >= 0.3 is 291 Å². The molecule has 0 atom stereocenters. The number of benzene rings is 9. The summed E-state index contributed by atoms with van der Waals surface area (Å²) in [6.45, 7) is 0. The number of fused-ring (bicyclic) bond motifs is 5. The van der Waals surface area contributed by atoms with Crippen LogP contribution in [0.15, 0.2) is 188 Å². The van der Waals surface area contributed by atoms with Gasteiger partial charge in [0.25, 0.3) is 0 Å². The van der Waals surface area contributed by atoms with E-state index in [0.29, 0.717) is 16.5 Å². The first-order valence-corrected chi connectivity index (χ1v) is 23.3. The van der Waals surface area contributed by atoms with E-state index >= 15 is 0 Å². The minimum absolute atomic E-state index is 0.568. The summed E-state index contributed by atoms with van der Waals surface area (Å²) in [5.74, 6) is 0. The average molecular weight is 782 g/mol. The van der Waals surface area contributed by atoms with Gasteiger partial charge in [-0.2, -0.15) is 0 Å². The van der Waals surface area contributed by atoms with E-state index < -0.39 is 15.4 Å². The average Bonchev–Trinajstić information content (AvgIpc) is 3.59. The second-order valence-corrected chi connectivity index (χ2v) is 20.2. The maximum atomic E-state index is 2.51. The second-order valence-electron chi connectivity index (χ2n) is 14.0. The van der Waals surface area contributed by atoms with E-state index in [1.165, 1.54) is 92.7 Å². The fourth-order valence-corrected chi connectivity index (χ4v) is 14.1. The third-order valence-electron chi connectivity index (χ3n) is 11.1. The molecule has 0 N–H and O–H groups in total. The molecular formula is C50H36Ge2. The first kappa shape index (κ1) is 31.3. The fourth-order valence-electron chi connectivity index (χ4n) is 8.65. The molecule has 0 radical (unpaired) electrons. The van der Waals surface area contributed by atoms with Gasteiger partial charge in [0.05, 0.1) is 0 Å². The number of rotatable bonds is 5. The van der Waals surface area contributed by atoms with Crippen molar-refractivity contribution in [1.29, 1.82) is 0 Å². The van der Waals surface area contributed by atoms with Crippen LogP contribution in [-0.4, -0.2) is 31.9 Å². The Hall–Kier alpha value is -5.41. The molecule has 0 bridgehead atoms. The van der Waals surface area contributed by atoms with Gasteiger partial charge in [-0.05, 0) is 0 Å². The SMILES string of the molecule is [GeH3][c]1ccccc1-c1ccccc1-c1cccc2c(-c3ccc(-c4ccccc4)cc3)c3cccc(-c4ccc[c]5c4-c4cccc[c]4[GeH2]5)c3cc12. The molecule has 0 fully saturated rings. The standard InChI is InChI=1S/C50H36Ge2/c51-46-24-8-6-17-39(46)36-16-5-4-15-35(36)37-19-10-21-41-44(37)31-45-38(40-23-12-26-48-50(40)43-18-7-9-25-47(43)52-48)20-11-22-42(45)49(41)34-29-27-33(28-30-34)32-13-2-1-3-14-32/h1-31H,52H2,51H3. The van der Waals surface area contributed by atoms with Crippen molar-refractivity contribution in [3.05, 3.63) is 188 Å². The van der Waals surface area contributed by atoms with E-state index in [4.69, 9.17) is 0 Å². The van der Waals surface area contributed by atoms with Crippen LogP contribution in [0, 0.1) is 0 Å². The zero-order chi connectivity index (χ0) is 34.6. The van der Waals surface area contributed by atoms with Crippen LogP contribution in [0.5, 0.6) is 0 Å². The van der Waals surface area contributed by atoms with Crippen molar-refractivity contribution in [1.82, 2.24) is 0 Å². The Kier molecular flexibility index (Phi) is 7.82. The first-order valence-electron chi connectivity index (χ1n) is 18.2.